The molecule has 0 bridgehead atoms. The third-order valence-corrected chi connectivity index (χ3v) is 3.41. The summed E-state index contributed by atoms with van der Waals surface area (Å²) < 4.78 is 0. The number of hydrogen-bond acceptors (Lipinski definition) is 3. The van der Waals surface area contributed by atoms with E-state index in [0.717, 1.165) is 25.1 Å². The molecular formula is C11H16N2OS. The van der Waals surface area contributed by atoms with E-state index in [1.807, 2.05) is 16.8 Å². The molecule has 1 atom stereocenters. The van der Waals surface area contributed by atoms with Crippen molar-refractivity contribution in [3.05, 3.63) is 22.4 Å². The number of nitrogens with one attached hydrogen (secondary N) is 2. The zero-order chi connectivity index (χ0) is 10.5. The van der Waals surface area contributed by atoms with Crippen molar-refractivity contribution in [3.63, 3.8) is 0 Å². The lowest BCUT2D eigenvalue weighted by atomic mass is 10.1. The topological polar surface area (TPSA) is 41.1 Å². The Balaban J connectivity index is 1.67. The van der Waals surface area contributed by atoms with Gasteiger partial charge >= 0.3 is 0 Å². The maximum absolute atomic E-state index is 11.6. The molecule has 0 radical (unpaired) electrons. The lowest BCUT2D eigenvalue weighted by molar-refractivity contribution is 0.0953. The van der Waals surface area contributed by atoms with Crippen LogP contribution in [0.5, 0.6) is 0 Å². The van der Waals surface area contributed by atoms with Crippen molar-refractivity contribution >= 4 is 17.2 Å². The number of carbonyl (C=O) groups excluding carboxylic acids is 1. The van der Waals surface area contributed by atoms with Gasteiger partial charge in [-0.3, -0.25) is 4.79 Å². The average molecular weight is 224 g/mol. The molecular weight excluding hydrogens is 208 g/mol. The molecule has 1 unspecified atom stereocenters. The van der Waals surface area contributed by atoms with Gasteiger partial charge in [0, 0.05) is 23.5 Å². The van der Waals surface area contributed by atoms with Crippen molar-refractivity contribution < 1.29 is 4.79 Å². The summed E-state index contributed by atoms with van der Waals surface area (Å²) in [4.78, 5) is 11.6. The van der Waals surface area contributed by atoms with E-state index in [-0.39, 0.29) is 5.91 Å². The van der Waals surface area contributed by atoms with Crippen LogP contribution in [0.15, 0.2) is 16.8 Å². The Kier molecular flexibility index (Phi) is 3.75. The highest BCUT2D eigenvalue weighted by Crippen LogP contribution is 2.08. The summed E-state index contributed by atoms with van der Waals surface area (Å²) >= 11 is 1.55. The fourth-order valence-electron chi connectivity index (χ4n) is 1.86. The van der Waals surface area contributed by atoms with Gasteiger partial charge in [0.05, 0.1) is 0 Å². The van der Waals surface area contributed by atoms with Crippen LogP contribution in [0.4, 0.5) is 0 Å². The first kappa shape index (κ1) is 10.6. The SMILES string of the molecule is O=C(NCCC1CCCN1)c1ccsc1. The van der Waals surface area contributed by atoms with Crippen LogP contribution in [0.25, 0.3) is 0 Å². The number of hydrogen-bond donors (Lipinski definition) is 2. The molecule has 3 nitrogen and oxygen atoms in total. The first-order valence-corrected chi connectivity index (χ1v) is 6.34. The van der Waals surface area contributed by atoms with Gasteiger partial charge in [-0.05, 0) is 37.3 Å². The molecule has 1 aromatic heterocycles. The van der Waals surface area contributed by atoms with E-state index in [4.69, 9.17) is 0 Å². The molecule has 2 heterocycles. The summed E-state index contributed by atoms with van der Waals surface area (Å²) in [7, 11) is 0. The third kappa shape index (κ3) is 3.04. The largest absolute Gasteiger partial charge is 0.352 e. The minimum atomic E-state index is 0.0502. The van der Waals surface area contributed by atoms with E-state index in [0.29, 0.717) is 6.04 Å². The maximum atomic E-state index is 11.6. The van der Waals surface area contributed by atoms with E-state index in [1.165, 1.54) is 12.8 Å². The molecule has 0 aromatic carbocycles. The predicted molar refractivity (Wildman–Crippen MR) is 62.3 cm³/mol. The third-order valence-electron chi connectivity index (χ3n) is 2.72. The first-order chi connectivity index (χ1) is 7.36. The van der Waals surface area contributed by atoms with Crippen molar-refractivity contribution in [1.29, 1.82) is 0 Å². The van der Waals surface area contributed by atoms with E-state index in [1.54, 1.807) is 11.3 Å². The minimum Gasteiger partial charge on any atom is -0.352 e. The average Bonchev–Trinajstić information content (AvgIpc) is 2.90. The molecule has 4 heteroatoms. The van der Waals surface area contributed by atoms with Crippen LogP contribution < -0.4 is 10.6 Å². The fraction of sp³-hybridized carbons (Fsp3) is 0.545. The van der Waals surface area contributed by atoms with Gasteiger partial charge in [-0.2, -0.15) is 11.3 Å². The van der Waals surface area contributed by atoms with Crippen LogP contribution in [0.2, 0.25) is 0 Å². The van der Waals surface area contributed by atoms with Crippen LogP contribution in [0, 0.1) is 0 Å². The molecule has 2 N–H and O–H groups in total. The van der Waals surface area contributed by atoms with Gasteiger partial charge < -0.3 is 10.6 Å². The van der Waals surface area contributed by atoms with Gasteiger partial charge in [-0.25, -0.2) is 0 Å². The van der Waals surface area contributed by atoms with Gasteiger partial charge in [0.1, 0.15) is 0 Å². The van der Waals surface area contributed by atoms with E-state index in [9.17, 15) is 4.79 Å². The Morgan fingerprint density at radius 1 is 1.67 bits per heavy atom. The van der Waals surface area contributed by atoms with E-state index < -0.39 is 0 Å². The van der Waals surface area contributed by atoms with Crippen LogP contribution in [0.1, 0.15) is 29.6 Å². The van der Waals surface area contributed by atoms with Gasteiger partial charge in [0.15, 0.2) is 0 Å². The molecule has 82 valence electrons. The molecule has 1 aromatic rings. The standard InChI is InChI=1S/C11H16N2OS/c14-11(9-4-7-15-8-9)13-6-3-10-2-1-5-12-10/h4,7-8,10,12H,1-3,5-6H2,(H,13,14). The second-order valence-corrected chi connectivity index (χ2v) is 4.63. The molecule has 0 aliphatic carbocycles. The number of carbonyl (C=O) groups is 1. The molecule has 2 rings (SSSR count). The Bertz CT molecular complexity index is 304. The molecule has 0 spiro atoms. The number of amides is 1. The van der Waals surface area contributed by atoms with Crippen molar-refractivity contribution in [2.75, 3.05) is 13.1 Å². The summed E-state index contributed by atoms with van der Waals surface area (Å²) in [6.45, 7) is 1.90. The fourth-order valence-corrected chi connectivity index (χ4v) is 2.49. The summed E-state index contributed by atoms with van der Waals surface area (Å²) in [6, 6.07) is 2.46. The van der Waals surface area contributed by atoms with E-state index >= 15 is 0 Å². The Morgan fingerprint density at radius 2 is 2.60 bits per heavy atom. The zero-order valence-electron chi connectivity index (χ0n) is 8.66. The quantitative estimate of drug-likeness (QED) is 0.816. The highest BCUT2D eigenvalue weighted by Gasteiger charge is 2.13. The highest BCUT2D eigenvalue weighted by atomic mass is 32.1. The lowest BCUT2D eigenvalue weighted by Crippen LogP contribution is -2.30. The Labute approximate surface area is 93.9 Å². The summed E-state index contributed by atoms with van der Waals surface area (Å²) in [5.41, 5.74) is 0.777. The van der Waals surface area contributed by atoms with Crippen molar-refractivity contribution in [1.82, 2.24) is 10.6 Å². The van der Waals surface area contributed by atoms with Crippen molar-refractivity contribution in [2.24, 2.45) is 0 Å². The molecule has 1 aliphatic heterocycles. The second kappa shape index (κ2) is 5.28. The maximum Gasteiger partial charge on any atom is 0.252 e. The van der Waals surface area contributed by atoms with Crippen molar-refractivity contribution in [3.8, 4) is 0 Å². The van der Waals surface area contributed by atoms with Gasteiger partial charge in [-0.15, -0.1) is 0 Å². The number of thiophene rings is 1. The van der Waals surface area contributed by atoms with Gasteiger partial charge in [0.25, 0.3) is 5.91 Å². The smallest absolute Gasteiger partial charge is 0.252 e. The van der Waals surface area contributed by atoms with Crippen LogP contribution in [-0.4, -0.2) is 25.0 Å². The second-order valence-electron chi connectivity index (χ2n) is 3.85. The molecule has 1 fully saturated rings. The highest BCUT2D eigenvalue weighted by molar-refractivity contribution is 7.08. The monoisotopic (exact) mass is 224 g/mol. The molecule has 1 amide bonds. The van der Waals surface area contributed by atoms with Crippen LogP contribution in [0.3, 0.4) is 0 Å². The van der Waals surface area contributed by atoms with Crippen molar-refractivity contribution in [2.45, 2.75) is 25.3 Å². The Morgan fingerprint density at radius 3 is 3.27 bits per heavy atom. The van der Waals surface area contributed by atoms with Gasteiger partial charge in [0.2, 0.25) is 0 Å². The summed E-state index contributed by atoms with van der Waals surface area (Å²) in [6.07, 6.45) is 3.55. The normalized spacial score (nSPS) is 20.4. The molecule has 1 saturated heterocycles. The Hall–Kier alpha value is -0.870. The molecule has 0 saturated carbocycles. The minimum absolute atomic E-state index is 0.0502. The lowest BCUT2D eigenvalue weighted by Gasteiger charge is -2.10. The summed E-state index contributed by atoms with van der Waals surface area (Å²) in [5.74, 6) is 0.0502. The first-order valence-electron chi connectivity index (χ1n) is 5.40. The summed E-state index contributed by atoms with van der Waals surface area (Å²) in [5, 5.41) is 10.2. The van der Waals surface area contributed by atoms with Crippen LogP contribution in [-0.2, 0) is 0 Å². The van der Waals surface area contributed by atoms with E-state index in [2.05, 4.69) is 10.6 Å². The zero-order valence-corrected chi connectivity index (χ0v) is 9.48. The molecule has 15 heavy (non-hydrogen) atoms. The molecule has 1 aliphatic rings. The number of rotatable bonds is 4. The van der Waals surface area contributed by atoms with Crippen LogP contribution >= 0.6 is 11.3 Å². The van der Waals surface area contributed by atoms with Gasteiger partial charge in [-0.1, -0.05) is 0 Å². The predicted octanol–water partition coefficient (Wildman–Crippen LogP) is 1.62.